The fourth-order valence-electron chi connectivity index (χ4n) is 1.45. The van der Waals surface area contributed by atoms with Gasteiger partial charge in [-0.1, -0.05) is 20.3 Å². The van der Waals surface area contributed by atoms with E-state index in [1.807, 2.05) is 12.1 Å². The molecule has 0 unspecified atom stereocenters. The van der Waals surface area contributed by atoms with Gasteiger partial charge in [0.2, 0.25) is 0 Å². The molecule has 4 heteroatoms. The molecule has 17 heavy (non-hydrogen) atoms. The number of hydrogen-bond donors (Lipinski definition) is 1. The van der Waals surface area contributed by atoms with Crippen molar-refractivity contribution < 1.29 is 9.53 Å². The van der Waals surface area contributed by atoms with Gasteiger partial charge in [-0.15, -0.1) is 0 Å². The summed E-state index contributed by atoms with van der Waals surface area (Å²) in [6.07, 6.45) is 1.25. The summed E-state index contributed by atoms with van der Waals surface area (Å²) in [4.78, 5) is 13.2. The molecule has 0 atom stereocenters. The molecule has 1 saturated heterocycles. The molecule has 1 aromatic rings. The van der Waals surface area contributed by atoms with Crippen molar-refractivity contribution >= 4 is 17.3 Å². The highest BCUT2D eigenvalue weighted by molar-refractivity contribution is 5.94. The molecule has 1 aliphatic rings. The highest BCUT2D eigenvalue weighted by Gasteiger charge is 2.19. The van der Waals surface area contributed by atoms with E-state index in [1.54, 1.807) is 17.0 Å². The lowest BCUT2D eigenvalue weighted by Crippen LogP contribution is -2.41. The summed E-state index contributed by atoms with van der Waals surface area (Å²) in [7, 11) is 0. The molecule has 1 heterocycles. The summed E-state index contributed by atoms with van der Waals surface area (Å²) in [5.74, 6) is 0.000946. The van der Waals surface area contributed by atoms with Crippen molar-refractivity contribution in [2.24, 2.45) is 0 Å². The molecular weight excluding hydrogens is 216 g/mol. The SMILES string of the molecule is CCC.Nc1ccc(N2CCOCC2=O)cc1. The Labute approximate surface area is 102 Å². The zero-order chi connectivity index (χ0) is 12.7. The predicted molar refractivity (Wildman–Crippen MR) is 70.0 cm³/mol. The second-order valence-electron chi connectivity index (χ2n) is 3.90. The number of anilines is 2. The van der Waals surface area contributed by atoms with Gasteiger partial charge in [0.05, 0.1) is 6.61 Å². The number of ether oxygens (including phenoxy) is 1. The monoisotopic (exact) mass is 236 g/mol. The summed E-state index contributed by atoms with van der Waals surface area (Å²) < 4.78 is 5.04. The largest absolute Gasteiger partial charge is 0.399 e. The lowest BCUT2D eigenvalue weighted by molar-refractivity contribution is -0.125. The molecule has 0 radical (unpaired) electrons. The zero-order valence-electron chi connectivity index (χ0n) is 10.5. The number of nitrogens with two attached hydrogens (primary N) is 1. The van der Waals surface area contributed by atoms with Crippen LogP contribution in [0.15, 0.2) is 24.3 Å². The third-order valence-electron chi connectivity index (χ3n) is 2.19. The van der Waals surface area contributed by atoms with Crippen LogP contribution in [-0.2, 0) is 9.53 Å². The Bertz CT molecular complexity index is 349. The maximum absolute atomic E-state index is 11.4. The molecule has 0 bridgehead atoms. The highest BCUT2D eigenvalue weighted by Crippen LogP contribution is 2.17. The van der Waals surface area contributed by atoms with Gasteiger partial charge in [0.1, 0.15) is 6.61 Å². The van der Waals surface area contributed by atoms with Gasteiger partial charge in [0, 0.05) is 17.9 Å². The van der Waals surface area contributed by atoms with E-state index in [0.717, 1.165) is 5.69 Å². The first-order valence-corrected chi connectivity index (χ1v) is 5.92. The van der Waals surface area contributed by atoms with Crippen LogP contribution < -0.4 is 10.6 Å². The smallest absolute Gasteiger partial charge is 0.253 e. The van der Waals surface area contributed by atoms with Crippen molar-refractivity contribution in [2.75, 3.05) is 30.4 Å². The average Bonchev–Trinajstić information content (AvgIpc) is 2.32. The van der Waals surface area contributed by atoms with E-state index in [1.165, 1.54) is 6.42 Å². The molecule has 0 aromatic heterocycles. The van der Waals surface area contributed by atoms with Gasteiger partial charge in [-0.3, -0.25) is 4.79 Å². The first-order chi connectivity index (χ1) is 8.19. The van der Waals surface area contributed by atoms with Gasteiger partial charge in [0.15, 0.2) is 0 Å². The molecule has 1 aliphatic heterocycles. The molecule has 94 valence electrons. The molecule has 2 N–H and O–H groups in total. The molecule has 0 spiro atoms. The Hall–Kier alpha value is -1.55. The lowest BCUT2D eigenvalue weighted by Gasteiger charge is -2.26. The third-order valence-corrected chi connectivity index (χ3v) is 2.19. The number of rotatable bonds is 1. The van der Waals surface area contributed by atoms with Gasteiger partial charge < -0.3 is 15.4 Å². The normalized spacial score (nSPS) is 15.2. The first-order valence-electron chi connectivity index (χ1n) is 5.92. The highest BCUT2D eigenvalue weighted by atomic mass is 16.5. The number of nitrogens with zero attached hydrogens (tertiary/aromatic N) is 1. The van der Waals surface area contributed by atoms with Crippen LogP contribution in [-0.4, -0.2) is 25.7 Å². The van der Waals surface area contributed by atoms with Crippen molar-refractivity contribution in [2.45, 2.75) is 20.3 Å². The molecular formula is C13H20N2O2. The quantitative estimate of drug-likeness (QED) is 0.759. The topological polar surface area (TPSA) is 55.6 Å². The molecule has 0 aliphatic carbocycles. The maximum atomic E-state index is 11.4. The van der Waals surface area contributed by atoms with E-state index in [-0.39, 0.29) is 12.5 Å². The van der Waals surface area contributed by atoms with E-state index in [4.69, 9.17) is 10.5 Å². The summed E-state index contributed by atoms with van der Waals surface area (Å²) in [6, 6.07) is 7.27. The van der Waals surface area contributed by atoms with Crippen LogP contribution in [0, 0.1) is 0 Å². The van der Waals surface area contributed by atoms with Crippen LogP contribution in [0.2, 0.25) is 0 Å². The number of amides is 1. The summed E-state index contributed by atoms with van der Waals surface area (Å²) in [5, 5.41) is 0. The number of benzene rings is 1. The van der Waals surface area contributed by atoms with Crippen LogP contribution in [0.3, 0.4) is 0 Å². The number of nitrogen functional groups attached to an aromatic ring is 1. The van der Waals surface area contributed by atoms with Crippen molar-refractivity contribution in [1.82, 2.24) is 0 Å². The summed E-state index contributed by atoms with van der Waals surface area (Å²) in [5.41, 5.74) is 7.15. The van der Waals surface area contributed by atoms with Crippen LogP contribution in [0.1, 0.15) is 20.3 Å². The molecule has 0 saturated carbocycles. The van der Waals surface area contributed by atoms with Gasteiger partial charge in [-0.25, -0.2) is 0 Å². The number of carbonyl (C=O) groups is 1. The summed E-state index contributed by atoms with van der Waals surface area (Å²) >= 11 is 0. The van der Waals surface area contributed by atoms with Crippen LogP contribution in [0.5, 0.6) is 0 Å². The van der Waals surface area contributed by atoms with Crippen LogP contribution in [0.4, 0.5) is 11.4 Å². The molecule has 1 amide bonds. The minimum absolute atomic E-state index is 0.000946. The van der Waals surface area contributed by atoms with E-state index in [0.29, 0.717) is 18.8 Å². The number of morpholine rings is 1. The van der Waals surface area contributed by atoms with Crippen molar-refractivity contribution in [3.05, 3.63) is 24.3 Å². The maximum Gasteiger partial charge on any atom is 0.253 e. The standard InChI is InChI=1S/C10H12N2O2.C3H8/c11-8-1-3-9(4-2-8)12-5-6-14-7-10(12)13;1-3-2/h1-4H,5-7,11H2;3H2,1-2H3. The van der Waals surface area contributed by atoms with E-state index in [9.17, 15) is 4.79 Å². The van der Waals surface area contributed by atoms with Crippen molar-refractivity contribution in [1.29, 1.82) is 0 Å². The Morgan fingerprint density at radius 1 is 1.29 bits per heavy atom. The number of hydrogen-bond acceptors (Lipinski definition) is 3. The second-order valence-corrected chi connectivity index (χ2v) is 3.90. The van der Waals surface area contributed by atoms with Gasteiger partial charge in [-0.2, -0.15) is 0 Å². The van der Waals surface area contributed by atoms with E-state index < -0.39 is 0 Å². The van der Waals surface area contributed by atoms with Crippen LogP contribution >= 0.6 is 0 Å². The fourth-order valence-corrected chi connectivity index (χ4v) is 1.45. The van der Waals surface area contributed by atoms with E-state index >= 15 is 0 Å². The number of carbonyl (C=O) groups excluding carboxylic acids is 1. The van der Waals surface area contributed by atoms with Crippen molar-refractivity contribution in [3.8, 4) is 0 Å². The Kier molecular flexibility index (Phi) is 5.49. The van der Waals surface area contributed by atoms with Gasteiger partial charge in [0.25, 0.3) is 5.91 Å². The molecule has 2 rings (SSSR count). The molecule has 4 nitrogen and oxygen atoms in total. The average molecular weight is 236 g/mol. The first kappa shape index (κ1) is 13.5. The van der Waals surface area contributed by atoms with Crippen molar-refractivity contribution in [3.63, 3.8) is 0 Å². The summed E-state index contributed by atoms with van der Waals surface area (Å²) in [6.45, 7) is 5.63. The Morgan fingerprint density at radius 3 is 2.41 bits per heavy atom. The minimum Gasteiger partial charge on any atom is -0.399 e. The third kappa shape index (κ3) is 4.07. The molecule has 1 fully saturated rings. The van der Waals surface area contributed by atoms with Crippen LogP contribution in [0.25, 0.3) is 0 Å². The Morgan fingerprint density at radius 2 is 1.88 bits per heavy atom. The Balaban J connectivity index is 0.000000437. The second kappa shape index (κ2) is 6.91. The minimum atomic E-state index is 0.000946. The fraction of sp³-hybridized carbons (Fsp3) is 0.462. The van der Waals surface area contributed by atoms with E-state index in [2.05, 4.69) is 13.8 Å². The zero-order valence-corrected chi connectivity index (χ0v) is 10.5. The lowest BCUT2D eigenvalue weighted by atomic mass is 10.2. The van der Waals surface area contributed by atoms with Gasteiger partial charge in [-0.05, 0) is 24.3 Å². The molecule has 1 aromatic carbocycles. The van der Waals surface area contributed by atoms with Gasteiger partial charge >= 0.3 is 0 Å². The predicted octanol–water partition coefficient (Wildman–Crippen LogP) is 2.05.